The maximum atomic E-state index is 12.6. The SMILES string of the molecule is COCCOc1ccc(Cl)cc1C(=O)Nc1ccc2c(c1)CNC2. The summed E-state index contributed by atoms with van der Waals surface area (Å²) in [6.07, 6.45) is 0. The molecule has 0 aliphatic carbocycles. The van der Waals surface area contributed by atoms with E-state index in [0.717, 1.165) is 18.8 Å². The second-order valence-corrected chi connectivity index (χ2v) is 5.96. The molecule has 0 radical (unpaired) electrons. The highest BCUT2D eigenvalue weighted by atomic mass is 35.5. The molecule has 1 amide bonds. The van der Waals surface area contributed by atoms with E-state index in [1.54, 1.807) is 25.3 Å². The Hall–Kier alpha value is -2.08. The van der Waals surface area contributed by atoms with E-state index in [9.17, 15) is 4.79 Å². The summed E-state index contributed by atoms with van der Waals surface area (Å²) in [7, 11) is 1.60. The maximum absolute atomic E-state index is 12.6. The summed E-state index contributed by atoms with van der Waals surface area (Å²) in [5.41, 5.74) is 3.62. The number of halogens is 1. The quantitative estimate of drug-likeness (QED) is 0.788. The molecule has 0 atom stereocenters. The summed E-state index contributed by atoms with van der Waals surface area (Å²) in [5.74, 6) is 0.229. The van der Waals surface area contributed by atoms with Gasteiger partial charge in [-0.05, 0) is 41.5 Å². The van der Waals surface area contributed by atoms with Crippen molar-refractivity contribution in [1.82, 2.24) is 5.32 Å². The Balaban J connectivity index is 1.77. The molecule has 0 spiro atoms. The van der Waals surface area contributed by atoms with E-state index in [-0.39, 0.29) is 5.91 Å². The van der Waals surface area contributed by atoms with E-state index in [4.69, 9.17) is 21.1 Å². The Morgan fingerprint density at radius 2 is 2.00 bits per heavy atom. The number of fused-ring (bicyclic) bond motifs is 1. The third-order valence-electron chi connectivity index (χ3n) is 3.83. The van der Waals surface area contributed by atoms with Gasteiger partial charge in [-0.25, -0.2) is 0 Å². The Morgan fingerprint density at radius 3 is 2.83 bits per heavy atom. The van der Waals surface area contributed by atoms with Gasteiger partial charge >= 0.3 is 0 Å². The number of carbonyl (C=O) groups excluding carboxylic acids is 1. The third kappa shape index (κ3) is 3.87. The standard InChI is InChI=1S/C18H19ClN2O3/c1-23-6-7-24-17-5-3-14(19)9-16(17)18(22)21-15-4-2-12-10-20-11-13(12)8-15/h2-5,8-9,20H,6-7,10-11H2,1H3,(H,21,22). The Bertz CT molecular complexity index is 749. The first-order valence-corrected chi connectivity index (χ1v) is 8.10. The number of ether oxygens (including phenoxy) is 2. The summed E-state index contributed by atoms with van der Waals surface area (Å²) in [6.45, 7) is 2.50. The predicted octanol–water partition coefficient (Wildman–Crippen LogP) is 3.22. The molecule has 2 aromatic carbocycles. The smallest absolute Gasteiger partial charge is 0.259 e. The zero-order chi connectivity index (χ0) is 16.9. The van der Waals surface area contributed by atoms with Crippen LogP contribution in [0.15, 0.2) is 36.4 Å². The highest BCUT2D eigenvalue weighted by Gasteiger charge is 2.16. The summed E-state index contributed by atoms with van der Waals surface area (Å²) in [4.78, 5) is 12.6. The van der Waals surface area contributed by atoms with Gasteiger partial charge in [-0.1, -0.05) is 17.7 Å². The number of nitrogens with one attached hydrogen (secondary N) is 2. The first-order valence-electron chi connectivity index (χ1n) is 7.72. The summed E-state index contributed by atoms with van der Waals surface area (Å²) in [6, 6.07) is 10.9. The third-order valence-corrected chi connectivity index (χ3v) is 4.06. The lowest BCUT2D eigenvalue weighted by Crippen LogP contribution is -2.15. The van der Waals surface area contributed by atoms with E-state index in [2.05, 4.69) is 10.6 Å². The number of anilines is 1. The van der Waals surface area contributed by atoms with Crippen LogP contribution in [0.5, 0.6) is 5.75 Å². The van der Waals surface area contributed by atoms with Crippen LogP contribution < -0.4 is 15.4 Å². The minimum absolute atomic E-state index is 0.254. The van der Waals surface area contributed by atoms with E-state index < -0.39 is 0 Å². The molecule has 2 N–H and O–H groups in total. The summed E-state index contributed by atoms with van der Waals surface area (Å²) in [5, 5.41) is 6.68. The molecular weight excluding hydrogens is 328 g/mol. The molecular formula is C18H19ClN2O3. The molecule has 6 heteroatoms. The second-order valence-electron chi connectivity index (χ2n) is 5.52. The van der Waals surface area contributed by atoms with E-state index in [0.29, 0.717) is 29.5 Å². The zero-order valence-corrected chi connectivity index (χ0v) is 14.2. The van der Waals surface area contributed by atoms with Gasteiger partial charge in [-0.15, -0.1) is 0 Å². The van der Waals surface area contributed by atoms with Gasteiger partial charge in [0, 0.05) is 30.9 Å². The van der Waals surface area contributed by atoms with Crippen LogP contribution in [0.3, 0.4) is 0 Å². The average molecular weight is 347 g/mol. The van der Waals surface area contributed by atoms with Gasteiger partial charge in [0.05, 0.1) is 12.2 Å². The van der Waals surface area contributed by atoms with Crippen LogP contribution >= 0.6 is 11.6 Å². The number of hydrogen-bond donors (Lipinski definition) is 2. The van der Waals surface area contributed by atoms with Gasteiger partial charge in [-0.3, -0.25) is 4.79 Å². The van der Waals surface area contributed by atoms with Crippen LogP contribution in [0, 0.1) is 0 Å². The van der Waals surface area contributed by atoms with Crippen LogP contribution in [-0.4, -0.2) is 26.2 Å². The molecule has 1 heterocycles. The number of rotatable bonds is 6. The fourth-order valence-corrected chi connectivity index (χ4v) is 2.78. The van der Waals surface area contributed by atoms with E-state index in [1.165, 1.54) is 11.1 Å². The van der Waals surface area contributed by atoms with Crippen molar-refractivity contribution in [2.45, 2.75) is 13.1 Å². The number of methoxy groups -OCH3 is 1. The number of carbonyl (C=O) groups is 1. The highest BCUT2D eigenvalue weighted by Crippen LogP contribution is 2.25. The normalized spacial score (nSPS) is 12.8. The fraction of sp³-hybridized carbons (Fsp3) is 0.278. The fourth-order valence-electron chi connectivity index (χ4n) is 2.61. The zero-order valence-electron chi connectivity index (χ0n) is 13.4. The van der Waals surface area contributed by atoms with Crippen LogP contribution in [0.1, 0.15) is 21.5 Å². The lowest BCUT2D eigenvalue weighted by atomic mass is 10.1. The molecule has 24 heavy (non-hydrogen) atoms. The summed E-state index contributed by atoms with van der Waals surface area (Å²) < 4.78 is 10.6. The molecule has 0 saturated heterocycles. The van der Waals surface area contributed by atoms with Gasteiger partial charge in [0.25, 0.3) is 5.91 Å². The molecule has 0 saturated carbocycles. The molecule has 126 valence electrons. The maximum Gasteiger partial charge on any atom is 0.259 e. The van der Waals surface area contributed by atoms with Gasteiger partial charge in [0.1, 0.15) is 12.4 Å². The van der Waals surface area contributed by atoms with Gasteiger partial charge < -0.3 is 20.1 Å². The average Bonchev–Trinajstić information content (AvgIpc) is 3.04. The molecule has 1 aliphatic rings. The van der Waals surface area contributed by atoms with Crippen molar-refractivity contribution in [2.24, 2.45) is 0 Å². The largest absolute Gasteiger partial charge is 0.490 e. The van der Waals surface area contributed by atoms with Crippen LogP contribution in [0.25, 0.3) is 0 Å². The van der Waals surface area contributed by atoms with Crippen molar-refractivity contribution in [3.8, 4) is 5.75 Å². The number of hydrogen-bond acceptors (Lipinski definition) is 4. The molecule has 0 unspecified atom stereocenters. The molecule has 5 nitrogen and oxygen atoms in total. The van der Waals surface area contributed by atoms with Crippen molar-refractivity contribution in [3.63, 3.8) is 0 Å². The first kappa shape index (κ1) is 16.8. The van der Waals surface area contributed by atoms with Crippen LogP contribution in [0.4, 0.5) is 5.69 Å². The van der Waals surface area contributed by atoms with Gasteiger partial charge in [0.15, 0.2) is 0 Å². The van der Waals surface area contributed by atoms with Crippen molar-refractivity contribution >= 4 is 23.2 Å². The lowest BCUT2D eigenvalue weighted by Gasteiger charge is -2.12. The van der Waals surface area contributed by atoms with Crippen LogP contribution in [0.2, 0.25) is 5.02 Å². The van der Waals surface area contributed by atoms with Gasteiger partial charge in [0.2, 0.25) is 0 Å². The number of benzene rings is 2. The monoisotopic (exact) mass is 346 g/mol. The highest BCUT2D eigenvalue weighted by molar-refractivity contribution is 6.31. The van der Waals surface area contributed by atoms with Crippen molar-refractivity contribution < 1.29 is 14.3 Å². The Kier molecular flexibility index (Phi) is 5.35. The molecule has 3 rings (SSSR count). The molecule has 2 aromatic rings. The molecule has 0 bridgehead atoms. The summed E-state index contributed by atoms with van der Waals surface area (Å²) >= 11 is 6.03. The van der Waals surface area contributed by atoms with E-state index in [1.807, 2.05) is 18.2 Å². The van der Waals surface area contributed by atoms with Crippen molar-refractivity contribution in [2.75, 3.05) is 25.6 Å². The first-order chi connectivity index (χ1) is 11.7. The van der Waals surface area contributed by atoms with Crippen molar-refractivity contribution in [3.05, 3.63) is 58.1 Å². The molecule has 1 aliphatic heterocycles. The van der Waals surface area contributed by atoms with E-state index >= 15 is 0 Å². The minimum atomic E-state index is -0.254. The Morgan fingerprint density at radius 1 is 1.17 bits per heavy atom. The topological polar surface area (TPSA) is 59.6 Å². The Labute approximate surface area is 145 Å². The minimum Gasteiger partial charge on any atom is -0.490 e. The number of amides is 1. The second kappa shape index (κ2) is 7.66. The molecule has 0 fully saturated rings. The lowest BCUT2D eigenvalue weighted by molar-refractivity contribution is 0.101. The molecule has 0 aromatic heterocycles. The van der Waals surface area contributed by atoms with Crippen LogP contribution in [-0.2, 0) is 17.8 Å². The predicted molar refractivity (Wildman–Crippen MR) is 93.8 cm³/mol. The van der Waals surface area contributed by atoms with Gasteiger partial charge in [-0.2, -0.15) is 0 Å². The van der Waals surface area contributed by atoms with Crippen molar-refractivity contribution in [1.29, 1.82) is 0 Å².